The number of thiocarbonyl (C=S) groups is 1. The van der Waals surface area contributed by atoms with E-state index < -0.39 is 0 Å². The molecule has 9 heteroatoms. The number of rotatable bonds is 5. The second kappa shape index (κ2) is 9.60. The molecular formula is C20H18ClN3O3S2. The summed E-state index contributed by atoms with van der Waals surface area (Å²) < 4.78 is 10.5. The number of hydrogen-bond acceptors (Lipinski definition) is 5. The highest BCUT2D eigenvalue weighted by atomic mass is 35.5. The van der Waals surface area contributed by atoms with Crippen LogP contribution in [0.5, 0.6) is 11.5 Å². The van der Waals surface area contributed by atoms with E-state index in [9.17, 15) is 4.79 Å². The second-order valence-corrected chi connectivity index (χ2v) is 7.70. The minimum absolute atomic E-state index is 0.219. The van der Waals surface area contributed by atoms with Gasteiger partial charge in [-0.25, -0.2) is 0 Å². The number of hydrazine groups is 1. The molecule has 0 bridgehead atoms. The highest BCUT2D eigenvalue weighted by Gasteiger charge is 2.12. The molecule has 1 amide bonds. The molecule has 150 valence electrons. The summed E-state index contributed by atoms with van der Waals surface area (Å²) in [7, 11) is 3.12. The number of ether oxygens (including phenoxy) is 2. The molecule has 1 heterocycles. The van der Waals surface area contributed by atoms with Gasteiger partial charge in [0, 0.05) is 16.0 Å². The molecule has 0 aliphatic carbocycles. The van der Waals surface area contributed by atoms with Crippen molar-refractivity contribution < 1.29 is 14.3 Å². The Labute approximate surface area is 182 Å². The lowest BCUT2D eigenvalue weighted by atomic mass is 10.2. The maximum absolute atomic E-state index is 12.4. The zero-order valence-electron chi connectivity index (χ0n) is 15.6. The number of carbonyl (C=O) groups excluding carboxylic acids is 1. The van der Waals surface area contributed by atoms with Crippen LogP contribution in [0.3, 0.4) is 0 Å². The quantitative estimate of drug-likeness (QED) is 0.388. The lowest BCUT2D eigenvalue weighted by Crippen LogP contribution is -2.43. The first kappa shape index (κ1) is 20.9. The van der Waals surface area contributed by atoms with Gasteiger partial charge in [-0.15, -0.1) is 11.3 Å². The summed E-state index contributed by atoms with van der Waals surface area (Å²) >= 11 is 12.5. The van der Waals surface area contributed by atoms with Gasteiger partial charge in [0.05, 0.1) is 24.8 Å². The first-order chi connectivity index (χ1) is 14.0. The van der Waals surface area contributed by atoms with E-state index >= 15 is 0 Å². The van der Waals surface area contributed by atoms with Crippen molar-refractivity contribution >= 4 is 51.9 Å². The van der Waals surface area contributed by atoms with Gasteiger partial charge in [0.2, 0.25) is 0 Å². The van der Waals surface area contributed by atoms with Crippen molar-refractivity contribution in [2.75, 3.05) is 19.5 Å². The summed E-state index contributed by atoms with van der Waals surface area (Å²) in [6.45, 7) is 0. The first-order valence-electron chi connectivity index (χ1n) is 8.45. The van der Waals surface area contributed by atoms with Crippen LogP contribution in [0.2, 0.25) is 5.02 Å². The van der Waals surface area contributed by atoms with Gasteiger partial charge in [0.1, 0.15) is 11.5 Å². The van der Waals surface area contributed by atoms with Crippen molar-refractivity contribution in [2.45, 2.75) is 0 Å². The summed E-state index contributed by atoms with van der Waals surface area (Å²) in [5, 5.41) is 3.86. The van der Waals surface area contributed by atoms with Gasteiger partial charge in [-0.2, -0.15) is 0 Å². The Morgan fingerprint density at radius 1 is 1.00 bits per heavy atom. The molecule has 29 heavy (non-hydrogen) atoms. The molecule has 0 atom stereocenters. The highest BCUT2D eigenvalue weighted by molar-refractivity contribution is 7.80. The Morgan fingerprint density at radius 3 is 2.45 bits per heavy atom. The average molecular weight is 448 g/mol. The largest absolute Gasteiger partial charge is 0.497 e. The second-order valence-electron chi connectivity index (χ2n) is 5.77. The third-order valence-electron chi connectivity index (χ3n) is 3.90. The van der Waals surface area contributed by atoms with Gasteiger partial charge < -0.3 is 14.8 Å². The maximum Gasteiger partial charge on any atom is 0.279 e. The van der Waals surface area contributed by atoms with Crippen LogP contribution in [0.25, 0.3) is 10.4 Å². The smallest absolute Gasteiger partial charge is 0.279 e. The minimum atomic E-state index is -0.291. The normalized spacial score (nSPS) is 10.2. The summed E-state index contributed by atoms with van der Waals surface area (Å²) in [4.78, 5) is 13.9. The number of halogens is 1. The molecule has 0 saturated heterocycles. The number of amides is 1. The zero-order valence-corrected chi connectivity index (χ0v) is 18.0. The Bertz CT molecular complexity index is 1020. The number of methoxy groups -OCH3 is 2. The number of nitrogens with one attached hydrogen (secondary N) is 3. The summed E-state index contributed by atoms with van der Waals surface area (Å²) in [5.74, 6) is 0.931. The third kappa shape index (κ3) is 5.38. The number of hydrogen-bond donors (Lipinski definition) is 3. The molecule has 0 radical (unpaired) electrons. The van der Waals surface area contributed by atoms with E-state index in [4.69, 9.17) is 33.3 Å². The van der Waals surface area contributed by atoms with E-state index in [1.165, 1.54) is 11.3 Å². The molecule has 0 spiro atoms. The van der Waals surface area contributed by atoms with E-state index in [2.05, 4.69) is 16.2 Å². The molecule has 0 unspecified atom stereocenters. The van der Waals surface area contributed by atoms with Crippen LogP contribution >= 0.6 is 35.2 Å². The lowest BCUT2D eigenvalue weighted by molar-refractivity contribution is 0.0948. The molecule has 0 aliphatic heterocycles. The number of carbonyl (C=O) groups is 1. The van der Waals surface area contributed by atoms with Crippen LogP contribution in [-0.4, -0.2) is 25.2 Å². The summed E-state index contributed by atoms with van der Waals surface area (Å²) in [6.07, 6.45) is 0. The van der Waals surface area contributed by atoms with Crippen molar-refractivity contribution in [2.24, 2.45) is 0 Å². The van der Waals surface area contributed by atoms with Gasteiger partial charge in [-0.05, 0) is 54.2 Å². The van der Waals surface area contributed by atoms with Gasteiger partial charge in [0.15, 0.2) is 5.11 Å². The van der Waals surface area contributed by atoms with Gasteiger partial charge in [-0.1, -0.05) is 23.7 Å². The fourth-order valence-electron chi connectivity index (χ4n) is 2.46. The fraction of sp³-hybridized carbons (Fsp3) is 0.100. The Kier molecular flexibility index (Phi) is 6.92. The van der Waals surface area contributed by atoms with Gasteiger partial charge in [0.25, 0.3) is 5.91 Å². The molecule has 6 nitrogen and oxygen atoms in total. The standard InChI is InChI=1S/C20H18ClN3O3S2/c1-26-14-7-8-15(16(11-14)27-2)22-20(28)24-23-19(25)18-10-9-17(29-18)12-3-5-13(21)6-4-12/h3-11H,1-2H3,(H,23,25)(H2,22,24,28). The van der Waals surface area contributed by atoms with E-state index in [1.54, 1.807) is 38.5 Å². The summed E-state index contributed by atoms with van der Waals surface area (Å²) in [6, 6.07) is 16.4. The van der Waals surface area contributed by atoms with Gasteiger partial charge in [-0.3, -0.25) is 15.6 Å². The minimum Gasteiger partial charge on any atom is -0.497 e. The zero-order chi connectivity index (χ0) is 20.8. The SMILES string of the molecule is COc1ccc(NC(=S)NNC(=O)c2ccc(-c3ccc(Cl)cc3)s2)c(OC)c1. The van der Waals surface area contributed by atoms with Crippen molar-refractivity contribution in [3.05, 3.63) is 64.5 Å². The predicted octanol–water partition coefficient (Wildman–Crippen LogP) is 4.72. The molecule has 0 aliphatic rings. The van der Waals surface area contributed by atoms with Crippen LogP contribution in [0, 0.1) is 0 Å². The Morgan fingerprint density at radius 2 is 1.76 bits per heavy atom. The van der Waals surface area contributed by atoms with Crippen molar-refractivity contribution in [1.29, 1.82) is 0 Å². The molecule has 3 N–H and O–H groups in total. The maximum atomic E-state index is 12.4. The molecule has 2 aromatic carbocycles. The average Bonchev–Trinajstić information content (AvgIpc) is 3.23. The highest BCUT2D eigenvalue weighted by Crippen LogP contribution is 2.30. The Balaban J connectivity index is 1.58. The van der Waals surface area contributed by atoms with Crippen molar-refractivity contribution in [3.63, 3.8) is 0 Å². The fourth-order valence-corrected chi connectivity index (χ4v) is 3.65. The van der Waals surface area contributed by atoms with E-state index in [0.29, 0.717) is 27.1 Å². The predicted molar refractivity (Wildman–Crippen MR) is 121 cm³/mol. The third-order valence-corrected chi connectivity index (χ3v) is 5.49. The van der Waals surface area contributed by atoms with Gasteiger partial charge >= 0.3 is 0 Å². The van der Waals surface area contributed by atoms with E-state index in [1.807, 2.05) is 30.3 Å². The van der Waals surface area contributed by atoms with Crippen LogP contribution in [-0.2, 0) is 0 Å². The van der Waals surface area contributed by atoms with E-state index in [0.717, 1.165) is 10.4 Å². The number of anilines is 1. The molecule has 0 fully saturated rings. The van der Waals surface area contributed by atoms with Crippen LogP contribution in [0.15, 0.2) is 54.6 Å². The topological polar surface area (TPSA) is 71.6 Å². The van der Waals surface area contributed by atoms with E-state index in [-0.39, 0.29) is 11.0 Å². The Hall–Kier alpha value is -2.81. The first-order valence-corrected chi connectivity index (χ1v) is 10.1. The van der Waals surface area contributed by atoms with Crippen LogP contribution in [0.1, 0.15) is 9.67 Å². The summed E-state index contributed by atoms with van der Waals surface area (Å²) in [5.41, 5.74) is 6.91. The molecule has 3 rings (SSSR count). The molecule has 3 aromatic rings. The van der Waals surface area contributed by atoms with Crippen molar-refractivity contribution in [3.8, 4) is 21.9 Å². The number of benzene rings is 2. The monoisotopic (exact) mass is 447 g/mol. The molecular weight excluding hydrogens is 430 g/mol. The number of thiophene rings is 1. The molecule has 0 saturated carbocycles. The van der Waals surface area contributed by atoms with Crippen LogP contribution in [0.4, 0.5) is 5.69 Å². The van der Waals surface area contributed by atoms with Crippen molar-refractivity contribution in [1.82, 2.24) is 10.9 Å². The lowest BCUT2D eigenvalue weighted by Gasteiger charge is -2.14. The molecule has 1 aromatic heterocycles. The van der Waals surface area contributed by atoms with Crippen LogP contribution < -0.4 is 25.6 Å².